The Kier molecular flexibility index (Phi) is 7.14. The summed E-state index contributed by atoms with van der Waals surface area (Å²) in [5, 5.41) is 0.144. The minimum absolute atomic E-state index is 0.0282. The second kappa shape index (κ2) is 8.78. The molecule has 0 N–H and O–H groups in total. The number of nitrogens with zero attached hydrogens (tertiary/aromatic N) is 2. The molecule has 1 heterocycles. The van der Waals surface area contributed by atoms with Crippen molar-refractivity contribution in [3.05, 3.63) is 34.6 Å². The van der Waals surface area contributed by atoms with Crippen LogP contribution in [0.3, 0.4) is 0 Å². The molecule has 1 aromatic carbocycles. The van der Waals surface area contributed by atoms with Crippen molar-refractivity contribution < 1.29 is 13.9 Å². The van der Waals surface area contributed by atoms with Crippen molar-refractivity contribution in [2.45, 2.75) is 65.6 Å². The van der Waals surface area contributed by atoms with E-state index >= 15 is 0 Å². The zero-order valence-electron chi connectivity index (χ0n) is 17.3. The predicted octanol–water partition coefficient (Wildman–Crippen LogP) is 5.51. The first-order valence-corrected chi connectivity index (χ1v) is 10.0. The van der Waals surface area contributed by atoms with E-state index in [1.807, 2.05) is 33.8 Å². The highest BCUT2D eigenvalue weighted by molar-refractivity contribution is 6.30. The van der Waals surface area contributed by atoms with Crippen LogP contribution in [0.4, 0.5) is 9.18 Å². The second-order valence-electron chi connectivity index (χ2n) is 8.84. The Morgan fingerprint density at radius 2 is 2.00 bits per heavy atom. The summed E-state index contributed by atoms with van der Waals surface area (Å²) in [5.74, 6) is 0.0799. The standard InChI is InChI=1S/C21H32ClFN2O2/c1-14(2)11-19(16-7-8-17(22)18(23)12-16)24-9-10-25(15(3)13-24)20(26)27-21(4,5)6/h7-8,12,14-15,19H,9-11,13H2,1-6H3. The third-order valence-corrected chi connectivity index (χ3v) is 5.06. The third-order valence-electron chi connectivity index (χ3n) is 4.75. The Morgan fingerprint density at radius 1 is 1.33 bits per heavy atom. The summed E-state index contributed by atoms with van der Waals surface area (Å²) in [6, 6.07) is 5.20. The van der Waals surface area contributed by atoms with Crippen molar-refractivity contribution in [2.75, 3.05) is 19.6 Å². The summed E-state index contributed by atoms with van der Waals surface area (Å²) in [4.78, 5) is 16.6. The fourth-order valence-electron chi connectivity index (χ4n) is 3.52. The van der Waals surface area contributed by atoms with Gasteiger partial charge in [-0.15, -0.1) is 0 Å². The molecular formula is C21H32ClFN2O2. The Hall–Kier alpha value is -1.33. The van der Waals surface area contributed by atoms with E-state index in [1.54, 1.807) is 17.0 Å². The number of piperazine rings is 1. The summed E-state index contributed by atoms with van der Waals surface area (Å²) in [7, 11) is 0. The van der Waals surface area contributed by atoms with Gasteiger partial charge >= 0.3 is 6.09 Å². The second-order valence-corrected chi connectivity index (χ2v) is 9.24. The molecule has 1 saturated heterocycles. The van der Waals surface area contributed by atoms with Gasteiger partial charge in [-0.3, -0.25) is 4.90 Å². The monoisotopic (exact) mass is 398 g/mol. The Morgan fingerprint density at radius 3 is 2.52 bits per heavy atom. The topological polar surface area (TPSA) is 32.8 Å². The first-order chi connectivity index (χ1) is 12.5. The van der Waals surface area contributed by atoms with Crippen LogP contribution in [-0.2, 0) is 4.74 Å². The minimum atomic E-state index is -0.505. The van der Waals surface area contributed by atoms with Gasteiger partial charge in [0.25, 0.3) is 0 Å². The molecular weight excluding hydrogens is 367 g/mol. The maximum Gasteiger partial charge on any atom is 0.410 e. The molecule has 2 rings (SSSR count). The van der Waals surface area contributed by atoms with E-state index in [4.69, 9.17) is 16.3 Å². The van der Waals surface area contributed by atoms with E-state index in [9.17, 15) is 9.18 Å². The minimum Gasteiger partial charge on any atom is -0.444 e. The molecule has 0 spiro atoms. The van der Waals surface area contributed by atoms with Crippen molar-refractivity contribution in [3.63, 3.8) is 0 Å². The summed E-state index contributed by atoms with van der Waals surface area (Å²) in [6.07, 6.45) is 0.646. The smallest absolute Gasteiger partial charge is 0.410 e. The molecule has 1 fully saturated rings. The lowest BCUT2D eigenvalue weighted by molar-refractivity contribution is -0.00611. The Balaban J connectivity index is 2.15. The van der Waals surface area contributed by atoms with Crippen LogP contribution >= 0.6 is 11.6 Å². The molecule has 0 radical (unpaired) electrons. The largest absolute Gasteiger partial charge is 0.444 e. The van der Waals surface area contributed by atoms with E-state index in [0.717, 1.165) is 25.1 Å². The molecule has 1 aliphatic heterocycles. The van der Waals surface area contributed by atoms with E-state index in [2.05, 4.69) is 18.7 Å². The molecule has 0 aromatic heterocycles. The highest BCUT2D eigenvalue weighted by atomic mass is 35.5. The van der Waals surface area contributed by atoms with E-state index < -0.39 is 5.60 Å². The van der Waals surface area contributed by atoms with Gasteiger partial charge in [-0.1, -0.05) is 31.5 Å². The van der Waals surface area contributed by atoms with Crippen LogP contribution in [0.2, 0.25) is 5.02 Å². The van der Waals surface area contributed by atoms with Gasteiger partial charge in [0.15, 0.2) is 0 Å². The van der Waals surface area contributed by atoms with Crippen molar-refractivity contribution >= 4 is 17.7 Å². The van der Waals surface area contributed by atoms with Crippen molar-refractivity contribution in [2.24, 2.45) is 5.92 Å². The number of benzene rings is 1. The van der Waals surface area contributed by atoms with Crippen LogP contribution in [0.25, 0.3) is 0 Å². The zero-order valence-corrected chi connectivity index (χ0v) is 18.0. The maximum atomic E-state index is 14.0. The number of carbonyl (C=O) groups is 1. The van der Waals surface area contributed by atoms with Crippen molar-refractivity contribution in [1.29, 1.82) is 0 Å². The average molecular weight is 399 g/mol. The van der Waals surface area contributed by atoms with Crippen LogP contribution in [0.1, 0.15) is 59.6 Å². The summed E-state index contributed by atoms with van der Waals surface area (Å²) in [5.41, 5.74) is 0.429. The molecule has 1 amide bonds. The van der Waals surface area contributed by atoms with E-state index in [-0.39, 0.29) is 29.0 Å². The SMILES string of the molecule is CC(C)CC(c1ccc(Cl)c(F)c1)N1CCN(C(=O)OC(C)(C)C)C(C)C1. The molecule has 1 aromatic rings. The van der Waals surface area contributed by atoms with Gasteiger partial charge in [0.2, 0.25) is 0 Å². The van der Waals surface area contributed by atoms with Gasteiger partial charge in [0, 0.05) is 31.7 Å². The first kappa shape index (κ1) is 22.0. The van der Waals surface area contributed by atoms with Gasteiger partial charge in [0.05, 0.1) is 5.02 Å². The molecule has 4 nitrogen and oxygen atoms in total. The molecule has 6 heteroatoms. The quantitative estimate of drug-likeness (QED) is 0.670. The number of hydrogen-bond donors (Lipinski definition) is 0. The van der Waals surface area contributed by atoms with E-state index in [0.29, 0.717) is 12.5 Å². The lowest BCUT2D eigenvalue weighted by Crippen LogP contribution is -2.55. The highest BCUT2D eigenvalue weighted by Crippen LogP contribution is 2.32. The lowest BCUT2D eigenvalue weighted by atomic mass is 9.94. The van der Waals surface area contributed by atoms with Crippen LogP contribution in [-0.4, -0.2) is 47.2 Å². The summed E-state index contributed by atoms with van der Waals surface area (Å²) < 4.78 is 19.6. The molecule has 0 aliphatic carbocycles. The van der Waals surface area contributed by atoms with Crippen LogP contribution in [0, 0.1) is 11.7 Å². The normalized spacial score (nSPS) is 20.0. The fourth-order valence-corrected chi connectivity index (χ4v) is 3.64. The Bertz CT molecular complexity index is 660. The third kappa shape index (κ3) is 6.08. The predicted molar refractivity (Wildman–Crippen MR) is 108 cm³/mol. The average Bonchev–Trinajstić information content (AvgIpc) is 2.53. The number of carbonyl (C=O) groups excluding carboxylic acids is 1. The summed E-state index contributed by atoms with van der Waals surface area (Å²) in [6.45, 7) is 14.0. The molecule has 27 heavy (non-hydrogen) atoms. The van der Waals surface area contributed by atoms with Crippen LogP contribution in [0.5, 0.6) is 0 Å². The molecule has 0 bridgehead atoms. The lowest BCUT2D eigenvalue weighted by Gasteiger charge is -2.44. The van der Waals surface area contributed by atoms with Gasteiger partial charge < -0.3 is 9.64 Å². The van der Waals surface area contributed by atoms with Crippen LogP contribution in [0.15, 0.2) is 18.2 Å². The van der Waals surface area contributed by atoms with Gasteiger partial charge in [-0.2, -0.15) is 0 Å². The number of amides is 1. The fraction of sp³-hybridized carbons (Fsp3) is 0.667. The van der Waals surface area contributed by atoms with Gasteiger partial charge in [-0.25, -0.2) is 9.18 Å². The maximum absolute atomic E-state index is 14.0. The number of hydrogen-bond acceptors (Lipinski definition) is 3. The highest BCUT2D eigenvalue weighted by Gasteiger charge is 2.34. The molecule has 0 saturated carbocycles. The first-order valence-electron chi connectivity index (χ1n) is 9.66. The van der Waals surface area contributed by atoms with Gasteiger partial charge in [-0.05, 0) is 57.7 Å². The molecule has 1 aliphatic rings. The Labute approximate surface area is 167 Å². The van der Waals surface area contributed by atoms with E-state index in [1.165, 1.54) is 0 Å². The number of halogens is 2. The molecule has 2 unspecified atom stereocenters. The number of rotatable bonds is 4. The van der Waals surface area contributed by atoms with Crippen molar-refractivity contribution in [1.82, 2.24) is 9.80 Å². The zero-order chi connectivity index (χ0) is 20.4. The molecule has 2 atom stereocenters. The van der Waals surface area contributed by atoms with Crippen LogP contribution < -0.4 is 0 Å². The summed E-state index contributed by atoms with van der Waals surface area (Å²) >= 11 is 5.86. The van der Waals surface area contributed by atoms with Gasteiger partial charge in [0.1, 0.15) is 11.4 Å². The van der Waals surface area contributed by atoms with Crippen molar-refractivity contribution in [3.8, 4) is 0 Å². The molecule has 152 valence electrons. The number of ether oxygens (including phenoxy) is 1.